The molecule has 0 spiro atoms. The fourth-order valence-electron chi connectivity index (χ4n) is 1.64. The maximum absolute atomic E-state index is 6.26. The number of fused-ring (bicyclic) bond motifs is 1. The SMILES string of the molecule is Cc1ccc(-n2nc3c(c2Cl)CSC3)nn1. The van der Waals surface area contributed by atoms with Crippen LogP contribution < -0.4 is 0 Å². The lowest BCUT2D eigenvalue weighted by atomic mass is 10.3. The van der Waals surface area contributed by atoms with E-state index in [9.17, 15) is 0 Å². The van der Waals surface area contributed by atoms with Crippen LogP contribution >= 0.6 is 23.4 Å². The summed E-state index contributed by atoms with van der Waals surface area (Å²) in [4.78, 5) is 0. The largest absolute Gasteiger partial charge is 0.201 e. The number of hydrogen-bond acceptors (Lipinski definition) is 4. The molecule has 0 aliphatic carbocycles. The molecule has 3 rings (SSSR count). The summed E-state index contributed by atoms with van der Waals surface area (Å²) in [5.74, 6) is 2.55. The summed E-state index contributed by atoms with van der Waals surface area (Å²) in [7, 11) is 0. The number of hydrogen-bond donors (Lipinski definition) is 0. The average Bonchev–Trinajstić information content (AvgIpc) is 2.84. The molecule has 4 nitrogen and oxygen atoms in total. The van der Waals surface area contributed by atoms with Gasteiger partial charge >= 0.3 is 0 Å². The Morgan fingerprint density at radius 1 is 1.31 bits per heavy atom. The Bertz CT molecular complexity index is 534. The van der Waals surface area contributed by atoms with Gasteiger partial charge in [-0.15, -0.1) is 5.10 Å². The Morgan fingerprint density at radius 2 is 2.19 bits per heavy atom. The Kier molecular flexibility index (Phi) is 2.37. The van der Waals surface area contributed by atoms with Gasteiger partial charge < -0.3 is 0 Å². The molecule has 2 aromatic heterocycles. The molecule has 0 amide bonds. The number of nitrogens with zero attached hydrogens (tertiary/aromatic N) is 4. The molecule has 0 N–H and O–H groups in total. The maximum atomic E-state index is 6.26. The second-order valence-electron chi connectivity index (χ2n) is 3.65. The van der Waals surface area contributed by atoms with Crippen molar-refractivity contribution in [2.75, 3.05) is 0 Å². The molecule has 0 unspecified atom stereocenters. The lowest BCUT2D eigenvalue weighted by Gasteiger charge is -2.02. The van der Waals surface area contributed by atoms with Crippen molar-refractivity contribution >= 4 is 23.4 Å². The first-order chi connectivity index (χ1) is 7.75. The summed E-state index contributed by atoms with van der Waals surface area (Å²) >= 11 is 8.10. The Hall–Kier alpha value is -1.07. The van der Waals surface area contributed by atoms with E-state index in [1.165, 1.54) is 0 Å². The van der Waals surface area contributed by atoms with Crippen molar-refractivity contribution < 1.29 is 0 Å². The molecule has 1 aliphatic heterocycles. The highest BCUT2D eigenvalue weighted by molar-refractivity contribution is 7.98. The van der Waals surface area contributed by atoms with Crippen LogP contribution in [0.25, 0.3) is 5.82 Å². The topological polar surface area (TPSA) is 43.6 Å². The second-order valence-corrected chi connectivity index (χ2v) is 5.00. The minimum atomic E-state index is 0.665. The number of aryl methyl sites for hydroxylation is 1. The molecule has 3 heterocycles. The summed E-state index contributed by atoms with van der Waals surface area (Å²) in [6.45, 7) is 1.90. The number of aromatic nitrogens is 4. The van der Waals surface area contributed by atoms with Gasteiger partial charge in [-0.2, -0.15) is 22.0 Å². The molecule has 0 fully saturated rings. The molecule has 6 heteroatoms. The van der Waals surface area contributed by atoms with Crippen molar-refractivity contribution in [3.05, 3.63) is 34.2 Å². The molecular formula is C10H9ClN4S. The van der Waals surface area contributed by atoms with Crippen LogP contribution in [0.2, 0.25) is 5.15 Å². The third kappa shape index (κ3) is 1.51. The Balaban J connectivity index is 2.10. The van der Waals surface area contributed by atoms with Gasteiger partial charge in [-0.05, 0) is 19.1 Å². The van der Waals surface area contributed by atoms with Crippen LogP contribution in [0, 0.1) is 6.92 Å². The van der Waals surface area contributed by atoms with E-state index in [0.717, 1.165) is 28.5 Å². The Labute approximate surface area is 102 Å². The van der Waals surface area contributed by atoms with Gasteiger partial charge in [0.05, 0.1) is 11.4 Å². The molecule has 0 aromatic carbocycles. The van der Waals surface area contributed by atoms with Crippen LogP contribution in [-0.2, 0) is 11.5 Å². The summed E-state index contributed by atoms with van der Waals surface area (Å²) in [6.07, 6.45) is 0. The molecule has 2 aromatic rings. The van der Waals surface area contributed by atoms with Crippen molar-refractivity contribution in [1.82, 2.24) is 20.0 Å². The summed E-state index contributed by atoms with van der Waals surface area (Å²) in [5, 5.41) is 13.2. The van der Waals surface area contributed by atoms with Gasteiger partial charge in [0.15, 0.2) is 5.82 Å². The van der Waals surface area contributed by atoms with Crippen LogP contribution in [-0.4, -0.2) is 20.0 Å². The van der Waals surface area contributed by atoms with E-state index in [1.54, 1.807) is 4.68 Å². The monoisotopic (exact) mass is 252 g/mol. The van der Waals surface area contributed by atoms with E-state index in [-0.39, 0.29) is 0 Å². The van der Waals surface area contributed by atoms with Crippen molar-refractivity contribution in [1.29, 1.82) is 0 Å². The van der Waals surface area contributed by atoms with Crippen LogP contribution in [0.1, 0.15) is 17.0 Å². The fraction of sp³-hybridized carbons (Fsp3) is 0.300. The first-order valence-corrected chi connectivity index (χ1v) is 6.43. The van der Waals surface area contributed by atoms with Gasteiger partial charge in [0.25, 0.3) is 0 Å². The summed E-state index contributed by atoms with van der Waals surface area (Å²) in [6, 6.07) is 3.78. The average molecular weight is 253 g/mol. The first kappa shape index (κ1) is 10.1. The highest BCUT2D eigenvalue weighted by Crippen LogP contribution is 2.35. The van der Waals surface area contributed by atoms with Crippen molar-refractivity contribution in [2.24, 2.45) is 0 Å². The van der Waals surface area contributed by atoms with Crippen LogP contribution in [0.15, 0.2) is 12.1 Å². The lowest BCUT2D eigenvalue weighted by Crippen LogP contribution is -2.02. The van der Waals surface area contributed by atoms with Gasteiger partial charge in [-0.1, -0.05) is 11.6 Å². The molecular weight excluding hydrogens is 244 g/mol. The molecule has 0 saturated carbocycles. The first-order valence-electron chi connectivity index (χ1n) is 4.90. The van der Waals surface area contributed by atoms with Gasteiger partial charge in [0, 0.05) is 17.1 Å². The van der Waals surface area contributed by atoms with Gasteiger partial charge in [-0.3, -0.25) is 0 Å². The molecule has 0 radical (unpaired) electrons. The molecule has 1 aliphatic rings. The summed E-state index contributed by atoms with van der Waals surface area (Å²) in [5.41, 5.74) is 3.08. The van der Waals surface area contributed by atoms with Gasteiger partial charge in [0.1, 0.15) is 5.15 Å². The number of rotatable bonds is 1. The molecule has 16 heavy (non-hydrogen) atoms. The van der Waals surface area contributed by atoms with Crippen molar-refractivity contribution in [3.63, 3.8) is 0 Å². The van der Waals surface area contributed by atoms with E-state index >= 15 is 0 Å². The third-order valence-electron chi connectivity index (χ3n) is 2.49. The zero-order valence-electron chi connectivity index (χ0n) is 8.64. The molecule has 82 valence electrons. The highest BCUT2D eigenvalue weighted by atomic mass is 35.5. The predicted octanol–water partition coefficient (Wildman–Crippen LogP) is 2.37. The van der Waals surface area contributed by atoms with E-state index < -0.39 is 0 Å². The smallest absolute Gasteiger partial charge is 0.177 e. The normalized spacial score (nSPS) is 14.1. The van der Waals surface area contributed by atoms with Gasteiger partial charge in [-0.25, -0.2) is 4.68 Å². The third-order valence-corrected chi connectivity index (χ3v) is 3.85. The van der Waals surface area contributed by atoms with Crippen LogP contribution in [0.4, 0.5) is 0 Å². The predicted molar refractivity (Wildman–Crippen MR) is 63.9 cm³/mol. The highest BCUT2D eigenvalue weighted by Gasteiger charge is 2.22. The maximum Gasteiger partial charge on any atom is 0.177 e. The Morgan fingerprint density at radius 3 is 2.88 bits per heavy atom. The molecule has 0 atom stereocenters. The number of thioether (sulfide) groups is 1. The summed E-state index contributed by atoms with van der Waals surface area (Å²) < 4.78 is 1.67. The van der Waals surface area contributed by atoms with E-state index in [0.29, 0.717) is 11.0 Å². The standard InChI is InChI=1S/C10H9ClN4S/c1-6-2-3-9(13-12-6)15-10(11)7-4-16-5-8(7)14-15/h2-3H,4-5H2,1H3. The zero-order chi connectivity index (χ0) is 11.1. The molecule has 0 saturated heterocycles. The zero-order valence-corrected chi connectivity index (χ0v) is 10.2. The van der Waals surface area contributed by atoms with Crippen molar-refractivity contribution in [3.8, 4) is 5.82 Å². The van der Waals surface area contributed by atoms with Gasteiger partial charge in [0.2, 0.25) is 0 Å². The fourth-order valence-corrected chi connectivity index (χ4v) is 3.05. The van der Waals surface area contributed by atoms with E-state index in [4.69, 9.17) is 11.6 Å². The van der Waals surface area contributed by atoms with E-state index in [1.807, 2.05) is 30.8 Å². The minimum Gasteiger partial charge on any atom is -0.201 e. The quantitative estimate of drug-likeness (QED) is 0.782. The van der Waals surface area contributed by atoms with Crippen molar-refractivity contribution in [2.45, 2.75) is 18.4 Å². The second kappa shape index (κ2) is 3.75. The minimum absolute atomic E-state index is 0.665. The van der Waals surface area contributed by atoms with Crippen LogP contribution in [0.3, 0.4) is 0 Å². The van der Waals surface area contributed by atoms with E-state index in [2.05, 4.69) is 15.3 Å². The lowest BCUT2D eigenvalue weighted by molar-refractivity contribution is 0.795. The van der Waals surface area contributed by atoms with Crippen LogP contribution in [0.5, 0.6) is 0 Å². The number of halogens is 1. The molecule has 0 bridgehead atoms.